The van der Waals surface area contributed by atoms with Crippen LogP contribution in [0.5, 0.6) is 5.75 Å². The van der Waals surface area contributed by atoms with Crippen LogP contribution >= 0.6 is 11.3 Å². The first-order valence-electron chi connectivity index (χ1n) is 8.47. The predicted molar refractivity (Wildman–Crippen MR) is 105 cm³/mol. The van der Waals surface area contributed by atoms with E-state index in [1.54, 1.807) is 18.4 Å². The molecular weight excluding hydrogens is 348 g/mol. The zero-order valence-corrected chi connectivity index (χ0v) is 16.1. The zero-order chi connectivity index (χ0) is 18.6. The van der Waals surface area contributed by atoms with Gasteiger partial charge in [-0.3, -0.25) is 14.5 Å². The molecule has 1 aromatic heterocycles. The standard InChI is InChI=1S/C20H20N2O3S/c1-11-9-14-17(20(24)22(19(14)23)8-7-21(2)3)16-13-10-12(25-4)5-6-15(13)26-18(11)16/h5-6,9-10H,7-8H2,1-4H3. The Balaban J connectivity index is 1.97. The third-order valence-electron chi connectivity index (χ3n) is 4.84. The maximum Gasteiger partial charge on any atom is 0.262 e. The molecule has 0 N–H and O–H groups in total. The fourth-order valence-corrected chi connectivity index (χ4v) is 4.65. The number of methoxy groups -OCH3 is 1. The van der Waals surface area contributed by atoms with Crippen molar-refractivity contribution in [2.75, 3.05) is 34.3 Å². The molecule has 4 rings (SSSR count). The highest BCUT2D eigenvalue weighted by atomic mass is 32.1. The molecular formula is C20H20N2O3S. The number of ether oxygens (including phenoxy) is 1. The molecule has 134 valence electrons. The molecule has 0 saturated heterocycles. The lowest BCUT2D eigenvalue weighted by atomic mass is 9.99. The molecule has 1 aliphatic rings. The van der Waals surface area contributed by atoms with Gasteiger partial charge in [-0.2, -0.15) is 0 Å². The van der Waals surface area contributed by atoms with Crippen molar-refractivity contribution in [3.05, 3.63) is 41.0 Å². The highest BCUT2D eigenvalue weighted by Crippen LogP contribution is 2.43. The topological polar surface area (TPSA) is 49.9 Å². The molecule has 0 spiro atoms. The lowest BCUT2D eigenvalue weighted by Gasteiger charge is -2.16. The van der Waals surface area contributed by atoms with Gasteiger partial charge in [0.15, 0.2) is 0 Å². The summed E-state index contributed by atoms with van der Waals surface area (Å²) in [6, 6.07) is 7.74. The van der Waals surface area contributed by atoms with Crippen molar-refractivity contribution in [1.29, 1.82) is 0 Å². The summed E-state index contributed by atoms with van der Waals surface area (Å²) in [5.41, 5.74) is 2.07. The molecule has 0 atom stereocenters. The Kier molecular flexibility index (Phi) is 3.97. The van der Waals surface area contributed by atoms with Crippen LogP contribution in [0.2, 0.25) is 0 Å². The smallest absolute Gasteiger partial charge is 0.262 e. The lowest BCUT2D eigenvalue weighted by Crippen LogP contribution is -2.35. The summed E-state index contributed by atoms with van der Waals surface area (Å²) >= 11 is 1.65. The Morgan fingerprint density at radius 3 is 2.62 bits per heavy atom. The molecule has 0 radical (unpaired) electrons. The maximum absolute atomic E-state index is 13.1. The van der Waals surface area contributed by atoms with Gasteiger partial charge in [0.1, 0.15) is 5.75 Å². The molecule has 0 unspecified atom stereocenters. The largest absolute Gasteiger partial charge is 0.497 e. The van der Waals surface area contributed by atoms with Crippen LogP contribution in [0.15, 0.2) is 24.3 Å². The number of aryl methyl sites for hydroxylation is 1. The third-order valence-corrected chi connectivity index (χ3v) is 6.15. The van der Waals surface area contributed by atoms with Crippen LogP contribution < -0.4 is 4.74 Å². The molecule has 3 aromatic rings. The molecule has 1 aliphatic heterocycles. The number of likely N-dealkylation sites (N-methyl/N-ethyl adjacent to an activating group) is 1. The number of benzene rings is 2. The molecule has 0 aliphatic carbocycles. The quantitative estimate of drug-likeness (QED) is 0.661. The lowest BCUT2D eigenvalue weighted by molar-refractivity contribution is 0.0645. The summed E-state index contributed by atoms with van der Waals surface area (Å²) in [6.07, 6.45) is 0. The first-order valence-corrected chi connectivity index (χ1v) is 9.28. The average Bonchev–Trinajstić information content (AvgIpc) is 3.09. The molecule has 5 nitrogen and oxygen atoms in total. The molecule has 2 aromatic carbocycles. The summed E-state index contributed by atoms with van der Waals surface area (Å²) in [7, 11) is 5.49. The van der Waals surface area contributed by atoms with E-state index in [1.165, 1.54) is 4.90 Å². The number of amides is 2. The summed E-state index contributed by atoms with van der Waals surface area (Å²) in [6.45, 7) is 3.03. The van der Waals surface area contributed by atoms with E-state index >= 15 is 0 Å². The third kappa shape index (κ3) is 2.40. The highest BCUT2D eigenvalue weighted by molar-refractivity contribution is 7.26. The van der Waals surface area contributed by atoms with Gasteiger partial charge in [-0.1, -0.05) is 0 Å². The van der Waals surface area contributed by atoms with Crippen molar-refractivity contribution in [2.24, 2.45) is 0 Å². The van der Waals surface area contributed by atoms with Crippen LogP contribution in [0.4, 0.5) is 0 Å². The summed E-state index contributed by atoms with van der Waals surface area (Å²) in [5, 5.41) is 1.85. The Labute approximate surface area is 155 Å². The minimum Gasteiger partial charge on any atom is -0.497 e. The number of carbonyl (C=O) groups excluding carboxylic acids is 2. The van der Waals surface area contributed by atoms with Gasteiger partial charge in [0, 0.05) is 33.3 Å². The average molecular weight is 368 g/mol. The summed E-state index contributed by atoms with van der Waals surface area (Å²) in [5.74, 6) is 0.354. The van der Waals surface area contributed by atoms with Crippen molar-refractivity contribution in [2.45, 2.75) is 6.92 Å². The van der Waals surface area contributed by atoms with Gasteiger partial charge in [0.05, 0.1) is 18.2 Å². The SMILES string of the molecule is COc1ccc2sc3c(C)cc4c(c3c2c1)C(=O)N(CCN(C)C)C4=O. The molecule has 2 amide bonds. The Morgan fingerprint density at radius 2 is 1.92 bits per heavy atom. The fraction of sp³-hybridized carbons (Fsp3) is 0.300. The van der Waals surface area contributed by atoms with Crippen LogP contribution in [0.1, 0.15) is 26.3 Å². The van der Waals surface area contributed by atoms with E-state index < -0.39 is 0 Å². The normalized spacial score (nSPS) is 14.1. The number of hydrogen-bond acceptors (Lipinski definition) is 5. The second kappa shape index (κ2) is 6.07. The number of hydrogen-bond donors (Lipinski definition) is 0. The predicted octanol–water partition coefficient (Wildman–Crippen LogP) is 3.53. The van der Waals surface area contributed by atoms with Crippen LogP contribution in [0.3, 0.4) is 0 Å². The fourth-order valence-electron chi connectivity index (χ4n) is 3.48. The van der Waals surface area contributed by atoms with Crippen LogP contribution in [-0.4, -0.2) is 55.9 Å². The summed E-state index contributed by atoms with van der Waals surface area (Å²) < 4.78 is 7.51. The van der Waals surface area contributed by atoms with Gasteiger partial charge in [-0.25, -0.2) is 0 Å². The van der Waals surface area contributed by atoms with Crippen LogP contribution in [-0.2, 0) is 0 Å². The Bertz CT molecular complexity index is 1070. The second-order valence-electron chi connectivity index (χ2n) is 6.85. The highest BCUT2D eigenvalue weighted by Gasteiger charge is 2.38. The number of carbonyl (C=O) groups is 2. The van der Waals surface area contributed by atoms with Crippen molar-refractivity contribution in [3.8, 4) is 5.75 Å². The maximum atomic E-state index is 13.1. The van der Waals surface area contributed by atoms with Gasteiger partial charge in [0.25, 0.3) is 11.8 Å². The van der Waals surface area contributed by atoms with Crippen molar-refractivity contribution >= 4 is 43.3 Å². The van der Waals surface area contributed by atoms with Crippen LogP contribution in [0.25, 0.3) is 20.2 Å². The number of nitrogens with zero attached hydrogens (tertiary/aromatic N) is 2. The van der Waals surface area contributed by atoms with E-state index in [1.807, 2.05) is 50.2 Å². The molecule has 0 bridgehead atoms. The van der Waals surface area contributed by atoms with Gasteiger partial charge < -0.3 is 9.64 Å². The molecule has 2 heterocycles. The van der Waals surface area contributed by atoms with Crippen molar-refractivity contribution in [1.82, 2.24) is 9.80 Å². The molecule has 26 heavy (non-hydrogen) atoms. The van der Waals surface area contributed by atoms with E-state index in [2.05, 4.69) is 0 Å². The minimum absolute atomic E-state index is 0.195. The van der Waals surface area contributed by atoms with E-state index in [4.69, 9.17) is 4.74 Å². The van der Waals surface area contributed by atoms with Crippen LogP contribution in [0, 0.1) is 6.92 Å². The van der Waals surface area contributed by atoms with Gasteiger partial charge in [0.2, 0.25) is 0 Å². The molecule has 0 fully saturated rings. The Hall–Kier alpha value is -2.44. The molecule has 0 saturated carbocycles. The number of thiophene rings is 1. The van der Waals surface area contributed by atoms with Gasteiger partial charge >= 0.3 is 0 Å². The zero-order valence-electron chi connectivity index (χ0n) is 15.3. The van der Waals surface area contributed by atoms with E-state index in [9.17, 15) is 9.59 Å². The number of fused-ring (bicyclic) bond motifs is 5. The van der Waals surface area contributed by atoms with Gasteiger partial charge in [-0.15, -0.1) is 11.3 Å². The minimum atomic E-state index is -0.195. The van der Waals surface area contributed by atoms with Crippen molar-refractivity contribution in [3.63, 3.8) is 0 Å². The van der Waals surface area contributed by atoms with E-state index in [0.717, 1.165) is 31.5 Å². The number of rotatable bonds is 4. The first kappa shape index (κ1) is 17.0. The second-order valence-corrected chi connectivity index (χ2v) is 7.90. The Morgan fingerprint density at radius 1 is 1.15 bits per heavy atom. The van der Waals surface area contributed by atoms with E-state index in [-0.39, 0.29) is 11.8 Å². The summed E-state index contributed by atoms with van der Waals surface area (Å²) in [4.78, 5) is 29.3. The first-order chi connectivity index (χ1) is 12.4. The monoisotopic (exact) mass is 368 g/mol. The van der Waals surface area contributed by atoms with E-state index in [0.29, 0.717) is 24.2 Å². The van der Waals surface area contributed by atoms with Gasteiger partial charge in [-0.05, 0) is 50.8 Å². The van der Waals surface area contributed by atoms with Crippen molar-refractivity contribution < 1.29 is 14.3 Å². The number of imide groups is 1. The molecule has 6 heteroatoms.